The van der Waals surface area contributed by atoms with Gasteiger partial charge in [0.2, 0.25) is 0 Å². The fourth-order valence-electron chi connectivity index (χ4n) is 3.18. The van der Waals surface area contributed by atoms with Crippen LogP contribution >= 0.6 is 34.5 Å². The molecule has 29 heavy (non-hydrogen) atoms. The molecule has 0 saturated heterocycles. The van der Waals surface area contributed by atoms with Gasteiger partial charge in [0.15, 0.2) is 0 Å². The van der Waals surface area contributed by atoms with Gasteiger partial charge in [0.1, 0.15) is 5.70 Å². The van der Waals surface area contributed by atoms with Gasteiger partial charge in [-0.15, -0.1) is 11.3 Å². The van der Waals surface area contributed by atoms with Gasteiger partial charge in [-0.1, -0.05) is 41.4 Å². The van der Waals surface area contributed by atoms with Crippen molar-refractivity contribution in [2.45, 2.75) is 13.8 Å². The molecule has 1 aliphatic heterocycles. The highest BCUT2D eigenvalue weighted by Gasteiger charge is 2.41. The van der Waals surface area contributed by atoms with E-state index in [0.717, 1.165) is 21.7 Å². The molecule has 0 saturated carbocycles. The molecule has 0 atom stereocenters. The Morgan fingerprint density at radius 2 is 1.76 bits per heavy atom. The Bertz CT molecular complexity index is 1170. The molecule has 2 aromatic carbocycles. The topological polar surface area (TPSA) is 49.4 Å². The third-order valence-corrected chi connectivity index (χ3v) is 6.10. The van der Waals surface area contributed by atoms with Gasteiger partial charge in [-0.25, -0.2) is 4.90 Å². The molecular formula is C22H16Cl2N2O2S. The minimum Gasteiger partial charge on any atom is -0.350 e. The van der Waals surface area contributed by atoms with Crippen molar-refractivity contribution in [3.05, 3.63) is 85.7 Å². The molecule has 1 aromatic heterocycles. The number of halogens is 2. The molecule has 1 aliphatic rings. The van der Waals surface area contributed by atoms with Gasteiger partial charge in [0, 0.05) is 15.6 Å². The van der Waals surface area contributed by atoms with Crippen LogP contribution < -0.4 is 10.2 Å². The molecule has 7 heteroatoms. The highest BCUT2D eigenvalue weighted by Crippen LogP contribution is 2.39. The predicted octanol–water partition coefficient (Wildman–Crippen LogP) is 6.07. The number of thiophene rings is 1. The fourth-order valence-corrected chi connectivity index (χ4v) is 4.31. The van der Waals surface area contributed by atoms with Crippen molar-refractivity contribution in [3.8, 4) is 0 Å². The summed E-state index contributed by atoms with van der Waals surface area (Å²) in [6.07, 6.45) is 0. The summed E-state index contributed by atoms with van der Waals surface area (Å²) < 4.78 is 0. The largest absolute Gasteiger partial charge is 0.350 e. The normalized spacial score (nSPS) is 14.1. The van der Waals surface area contributed by atoms with Gasteiger partial charge in [0.05, 0.1) is 16.3 Å². The summed E-state index contributed by atoms with van der Waals surface area (Å²) in [6.45, 7) is 3.92. The predicted molar refractivity (Wildman–Crippen MR) is 120 cm³/mol. The van der Waals surface area contributed by atoms with E-state index in [2.05, 4.69) is 5.32 Å². The first-order valence-electron chi connectivity index (χ1n) is 8.83. The van der Waals surface area contributed by atoms with Crippen molar-refractivity contribution in [2.75, 3.05) is 10.2 Å². The van der Waals surface area contributed by atoms with Crippen LogP contribution in [0.1, 0.15) is 16.0 Å². The molecule has 146 valence electrons. The number of amides is 2. The molecule has 2 amide bonds. The van der Waals surface area contributed by atoms with E-state index >= 15 is 0 Å². The first kappa shape index (κ1) is 19.7. The zero-order chi connectivity index (χ0) is 20.7. The van der Waals surface area contributed by atoms with Gasteiger partial charge in [-0.2, -0.15) is 0 Å². The van der Waals surface area contributed by atoms with Crippen LogP contribution in [0.5, 0.6) is 0 Å². The zero-order valence-corrected chi connectivity index (χ0v) is 18.0. The summed E-state index contributed by atoms with van der Waals surface area (Å²) in [6, 6.07) is 14.3. The Morgan fingerprint density at radius 3 is 2.48 bits per heavy atom. The van der Waals surface area contributed by atoms with E-state index in [4.69, 9.17) is 23.2 Å². The number of benzene rings is 2. The van der Waals surface area contributed by atoms with Crippen LogP contribution in [0.25, 0.3) is 5.57 Å². The zero-order valence-electron chi connectivity index (χ0n) is 15.6. The van der Waals surface area contributed by atoms with Crippen LogP contribution in [0.4, 0.5) is 11.4 Å². The molecule has 0 spiro atoms. The van der Waals surface area contributed by atoms with Crippen molar-refractivity contribution in [2.24, 2.45) is 0 Å². The number of nitrogens with one attached hydrogen (secondary N) is 1. The number of rotatable bonds is 4. The van der Waals surface area contributed by atoms with Crippen LogP contribution in [0.15, 0.2) is 59.6 Å². The maximum Gasteiger partial charge on any atom is 0.282 e. The number of nitrogens with zero attached hydrogens (tertiary/aromatic N) is 1. The third kappa shape index (κ3) is 3.57. The fraction of sp³-hybridized carbons (Fsp3) is 0.0909. The van der Waals surface area contributed by atoms with Gasteiger partial charge < -0.3 is 5.32 Å². The van der Waals surface area contributed by atoms with Crippen molar-refractivity contribution < 1.29 is 9.59 Å². The smallest absolute Gasteiger partial charge is 0.282 e. The van der Waals surface area contributed by atoms with Crippen LogP contribution in [-0.2, 0) is 9.59 Å². The average Bonchev–Trinajstić information content (AvgIpc) is 3.28. The van der Waals surface area contributed by atoms with Gasteiger partial charge in [-0.05, 0) is 60.7 Å². The van der Waals surface area contributed by atoms with Crippen molar-refractivity contribution >= 4 is 63.3 Å². The van der Waals surface area contributed by atoms with E-state index < -0.39 is 11.8 Å². The number of aryl methyl sites for hydroxylation is 2. The van der Waals surface area contributed by atoms with Crippen molar-refractivity contribution in [1.29, 1.82) is 0 Å². The Morgan fingerprint density at radius 1 is 0.966 bits per heavy atom. The standard InChI is InChI=1S/C22H16Cl2N2O2S/c1-12-5-6-13(2)16(10-12)25-20-19(18-4-3-9-29-18)21(27)26(22(20)28)17-11-14(23)7-8-15(17)24/h3-11,25H,1-2H3. The summed E-state index contributed by atoms with van der Waals surface area (Å²) in [5, 5.41) is 5.73. The lowest BCUT2D eigenvalue weighted by atomic mass is 10.1. The number of anilines is 2. The van der Waals surface area contributed by atoms with Gasteiger partial charge >= 0.3 is 0 Å². The van der Waals surface area contributed by atoms with E-state index in [1.54, 1.807) is 12.1 Å². The summed E-state index contributed by atoms with van der Waals surface area (Å²) in [5.74, 6) is -0.905. The van der Waals surface area contributed by atoms with Crippen molar-refractivity contribution in [1.82, 2.24) is 0 Å². The molecule has 0 unspecified atom stereocenters. The minimum absolute atomic E-state index is 0.224. The van der Waals surface area contributed by atoms with E-state index in [9.17, 15) is 9.59 Å². The maximum absolute atomic E-state index is 13.4. The first-order chi connectivity index (χ1) is 13.9. The molecule has 3 aromatic rings. The number of hydrogen-bond acceptors (Lipinski definition) is 4. The molecule has 2 heterocycles. The van der Waals surface area contributed by atoms with E-state index in [1.807, 2.05) is 49.6 Å². The Labute approximate surface area is 182 Å². The molecule has 4 nitrogen and oxygen atoms in total. The second-order valence-electron chi connectivity index (χ2n) is 6.71. The number of hydrogen-bond donors (Lipinski definition) is 1. The molecule has 4 rings (SSSR count). The van der Waals surface area contributed by atoms with Crippen molar-refractivity contribution in [3.63, 3.8) is 0 Å². The quantitative estimate of drug-likeness (QED) is 0.498. The van der Waals surface area contributed by atoms with Crippen LogP contribution in [0.2, 0.25) is 10.0 Å². The van der Waals surface area contributed by atoms with Crippen LogP contribution in [0, 0.1) is 13.8 Å². The molecule has 0 bridgehead atoms. The van der Waals surface area contributed by atoms with Gasteiger partial charge in [-0.3, -0.25) is 9.59 Å². The Balaban J connectivity index is 1.85. The minimum atomic E-state index is -0.469. The average molecular weight is 443 g/mol. The van der Waals surface area contributed by atoms with E-state index in [0.29, 0.717) is 15.5 Å². The second kappa shape index (κ2) is 7.67. The maximum atomic E-state index is 13.4. The van der Waals surface area contributed by atoms with E-state index in [1.165, 1.54) is 17.4 Å². The molecule has 0 aliphatic carbocycles. The monoisotopic (exact) mass is 442 g/mol. The Hall–Kier alpha value is -2.60. The Kier molecular flexibility index (Phi) is 5.21. The second-order valence-corrected chi connectivity index (χ2v) is 8.50. The summed E-state index contributed by atoms with van der Waals surface area (Å²) in [5.41, 5.74) is 3.59. The SMILES string of the molecule is Cc1ccc(C)c(NC2=C(c3cccs3)C(=O)N(c3cc(Cl)ccc3Cl)C2=O)c1. The van der Waals surface area contributed by atoms with E-state index in [-0.39, 0.29) is 16.4 Å². The summed E-state index contributed by atoms with van der Waals surface area (Å²) >= 11 is 13.8. The lowest BCUT2D eigenvalue weighted by Crippen LogP contribution is -2.32. The van der Waals surface area contributed by atoms with Gasteiger partial charge in [0.25, 0.3) is 11.8 Å². The highest BCUT2D eigenvalue weighted by molar-refractivity contribution is 7.11. The summed E-state index contributed by atoms with van der Waals surface area (Å²) in [4.78, 5) is 28.5. The first-order valence-corrected chi connectivity index (χ1v) is 10.5. The number of carbonyl (C=O) groups is 2. The van der Waals surface area contributed by atoms with Crippen LogP contribution in [0.3, 0.4) is 0 Å². The number of imide groups is 1. The van der Waals surface area contributed by atoms with Crippen LogP contribution in [-0.4, -0.2) is 11.8 Å². The molecule has 0 fully saturated rings. The lowest BCUT2D eigenvalue weighted by molar-refractivity contribution is -0.120. The molecular weight excluding hydrogens is 427 g/mol. The summed E-state index contributed by atoms with van der Waals surface area (Å²) in [7, 11) is 0. The third-order valence-electron chi connectivity index (χ3n) is 4.65. The molecule has 0 radical (unpaired) electrons. The number of carbonyl (C=O) groups excluding carboxylic acids is 2. The molecule has 1 N–H and O–H groups in total. The highest BCUT2D eigenvalue weighted by atomic mass is 35.5. The lowest BCUT2D eigenvalue weighted by Gasteiger charge is -2.17.